The summed E-state index contributed by atoms with van der Waals surface area (Å²) in [6.07, 6.45) is 2.52. The first-order valence-electron chi connectivity index (χ1n) is 13.4. The quantitative estimate of drug-likeness (QED) is 0.436. The summed E-state index contributed by atoms with van der Waals surface area (Å²) >= 11 is 0. The Balaban J connectivity index is 1.49. The molecule has 2 amide bonds. The number of amides is 2. The van der Waals surface area contributed by atoms with Crippen LogP contribution in [-0.4, -0.2) is 39.6 Å². The molecular weight excluding hydrogens is 510 g/mol. The number of phenolic OH excluding ortho intramolecular Hbond substituents is 1. The van der Waals surface area contributed by atoms with Gasteiger partial charge in [0.2, 0.25) is 11.8 Å². The van der Waals surface area contributed by atoms with Gasteiger partial charge in [-0.15, -0.1) is 0 Å². The first-order valence-corrected chi connectivity index (χ1v) is 13.4. The van der Waals surface area contributed by atoms with Gasteiger partial charge in [-0.25, -0.2) is 4.79 Å². The van der Waals surface area contributed by atoms with Crippen molar-refractivity contribution >= 4 is 35.0 Å². The van der Waals surface area contributed by atoms with E-state index in [1.165, 1.54) is 18.2 Å². The zero-order chi connectivity index (χ0) is 28.7. The van der Waals surface area contributed by atoms with Crippen molar-refractivity contribution in [2.24, 2.45) is 29.1 Å². The number of carbonyl (C=O) groups excluding carboxylic acids is 4. The molecule has 204 valence electrons. The number of hydrogen-bond donors (Lipinski definition) is 2. The highest BCUT2D eigenvalue weighted by Gasteiger charge is 2.64. The fourth-order valence-electron chi connectivity index (χ4n) is 7.66. The smallest absolute Gasteiger partial charge is 0.335 e. The maximum Gasteiger partial charge on any atom is 0.335 e. The molecule has 2 fully saturated rings. The van der Waals surface area contributed by atoms with Crippen LogP contribution in [0.1, 0.15) is 55.5 Å². The Morgan fingerprint density at radius 2 is 1.65 bits per heavy atom. The van der Waals surface area contributed by atoms with Gasteiger partial charge >= 0.3 is 5.97 Å². The zero-order valence-corrected chi connectivity index (χ0v) is 22.4. The lowest BCUT2D eigenvalue weighted by atomic mass is 9.46. The molecular formula is C32H29NO7. The third-order valence-corrected chi connectivity index (χ3v) is 9.75. The van der Waals surface area contributed by atoms with Crippen molar-refractivity contribution in [2.75, 3.05) is 4.90 Å². The summed E-state index contributed by atoms with van der Waals surface area (Å²) < 4.78 is 0. The Bertz CT molecular complexity index is 1580. The highest BCUT2D eigenvalue weighted by atomic mass is 16.4. The van der Waals surface area contributed by atoms with Crippen molar-refractivity contribution in [3.05, 3.63) is 82.5 Å². The van der Waals surface area contributed by atoms with E-state index < -0.39 is 46.9 Å². The number of phenols is 1. The van der Waals surface area contributed by atoms with Gasteiger partial charge in [-0.2, -0.15) is 0 Å². The van der Waals surface area contributed by atoms with Gasteiger partial charge in [-0.3, -0.25) is 24.1 Å². The molecule has 1 heterocycles. The highest BCUT2D eigenvalue weighted by molar-refractivity contribution is 6.23. The Hall–Kier alpha value is -4.33. The second-order valence-electron chi connectivity index (χ2n) is 11.6. The number of imide groups is 1. The van der Waals surface area contributed by atoms with Gasteiger partial charge < -0.3 is 10.2 Å². The molecule has 0 unspecified atom stereocenters. The molecule has 0 aromatic heterocycles. The molecule has 3 aliphatic carbocycles. The van der Waals surface area contributed by atoms with Crippen LogP contribution in [-0.2, 0) is 19.2 Å². The normalized spacial score (nSPS) is 31.5. The third kappa shape index (κ3) is 3.41. The average molecular weight is 540 g/mol. The molecule has 6 atom stereocenters. The Labute approximate surface area is 231 Å². The Morgan fingerprint density at radius 1 is 0.950 bits per heavy atom. The van der Waals surface area contributed by atoms with Crippen LogP contribution in [0.15, 0.2) is 71.3 Å². The van der Waals surface area contributed by atoms with E-state index in [0.29, 0.717) is 17.6 Å². The SMILES string of the molecule is CC1=C(C)C(=O)[C@@]2(C)[C@@H](c3ccc(O)cc3)C3=CC[C@@H]4C(=O)N(c5cccc(C(=O)O)c5)C(=O)[C@@H]4[C@@H]3C[C@H]2C1=O. The number of allylic oxidation sites excluding steroid dienone is 4. The third-order valence-electron chi connectivity index (χ3n) is 9.75. The Kier molecular flexibility index (Phi) is 5.73. The van der Waals surface area contributed by atoms with Crippen LogP contribution >= 0.6 is 0 Å². The predicted molar refractivity (Wildman–Crippen MR) is 145 cm³/mol. The molecule has 1 aliphatic heterocycles. The van der Waals surface area contributed by atoms with Crippen LogP contribution < -0.4 is 4.90 Å². The summed E-state index contributed by atoms with van der Waals surface area (Å²) in [5.41, 5.74) is 1.58. The zero-order valence-electron chi connectivity index (χ0n) is 22.4. The van der Waals surface area contributed by atoms with Gasteiger partial charge in [0.25, 0.3) is 0 Å². The van der Waals surface area contributed by atoms with Gasteiger partial charge in [0, 0.05) is 11.8 Å². The molecule has 6 rings (SSSR count). The number of carbonyl (C=O) groups is 5. The standard InChI is InChI=1S/C32H29NO7/c1-15-16(2)28(36)32(3)24(27(15)35)14-23-21(26(32)17-7-9-20(34)10-8-17)11-12-22-25(23)30(38)33(29(22)37)19-6-4-5-18(13-19)31(39)40/h4-11,13,22-26,34H,12,14H2,1-3H3,(H,39,40)/t22-,23+,24-,25-,26-,32+/m0/s1. The Morgan fingerprint density at radius 3 is 2.33 bits per heavy atom. The van der Waals surface area contributed by atoms with E-state index >= 15 is 0 Å². The van der Waals surface area contributed by atoms with Crippen LogP contribution in [0.2, 0.25) is 0 Å². The van der Waals surface area contributed by atoms with E-state index in [-0.39, 0.29) is 40.9 Å². The molecule has 1 saturated carbocycles. The molecule has 8 nitrogen and oxygen atoms in total. The van der Waals surface area contributed by atoms with Gasteiger partial charge in [0.05, 0.1) is 28.5 Å². The monoisotopic (exact) mass is 539 g/mol. The molecule has 0 spiro atoms. The number of hydrogen-bond acceptors (Lipinski definition) is 6. The number of Topliss-reactive ketones (excluding diaryl/α,β-unsaturated/α-hetero) is 2. The molecule has 8 heteroatoms. The summed E-state index contributed by atoms with van der Waals surface area (Å²) in [5, 5.41) is 19.4. The van der Waals surface area contributed by atoms with Crippen LogP contribution in [0.25, 0.3) is 0 Å². The van der Waals surface area contributed by atoms with Crippen molar-refractivity contribution in [1.29, 1.82) is 0 Å². The number of aromatic carboxylic acids is 1. The summed E-state index contributed by atoms with van der Waals surface area (Å²) in [4.78, 5) is 68.0. The van der Waals surface area contributed by atoms with Crippen LogP contribution in [0.5, 0.6) is 5.75 Å². The number of anilines is 1. The molecule has 2 N–H and O–H groups in total. The van der Waals surface area contributed by atoms with Crippen molar-refractivity contribution in [3.63, 3.8) is 0 Å². The van der Waals surface area contributed by atoms with Crippen molar-refractivity contribution in [1.82, 2.24) is 0 Å². The number of benzene rings is 2. The largest absolute Gasteiger partial charge is 0.508 e. The fourth-order valence-corrected chi connectivity index (χ4v) is 7.66. The second kappa shape index (κ2) is 8.84. The minimum Gasteiger partial charge on any atom is -0.508 e. The number of carboxylic acid groups (broad SMARTS) is 1. The van der Waals surface area contributed by atoms with Gasteiger partial charge in [-0.1, -0.05) is 36.8 Å². The maximum atomic E-state index is 14.0. The van der Waals surface area contributed by atoms with Crippen molar-refractivity contribution in [3.8, 4) is 5.75 Å². The van der Waals surface area contributed by atoms with Crippen molar-refractivity contribution in [2.45, 2.75) is 39.5 Å². The van der Waals surface area contributed by atoms with E-state index in [1.807, 2.05) is 13.0 Å². The van der Waals surface area contributed by atoms with E-state index in [9.17, 15) is 34.2 Å². The minimum absolute atomic E-state index is 0.0310. The number of carboxylic acids is 1. The van der Waals surface area contributed by atoms with Gasteiger partial charge in [0.15, 0.2) is 11.6 Å². The molecule has 2 aromatic rings. The van der Waals surface area contributed by atoms with Gasteiger partial charge in [0.1, 0.15) is 5.75 Å². The van der Waals surface area contributed by atoms with Crippen LogP contribution in [0.4, 0.5) is 5.69 Å². The van der Waals surface area contributed by atoms with E-state index in [0.717, 1.165) is 16.0 Å². The first-order chi connectivity index (χ1) is 19.0. The molecule has 1 saturated heterocycles. The number of aromatic hydroxyl groups is 1. The second-order valence-corrected chi connectivity index (χ2v) is 11.6. The van der Waals surface area contributed by atoms with Crippen molar-refractivity contribution < 1.29 is 34.2 Å². The topological polar surface area (TPSA) is 129 Å². The summed E-state index contributed by atoms with van der Waals surface area (Å²) in [5.74, 6) is -5.16. The van der Waals surface area contributed by atoms with Crippen LogP contribution in [0.3, 0.4) is 0 Å². The molecule has 2 aromatic carbocycles. The summed E-state index contributed by atoms with van der Waals surface area (Å²) in [6, 6.07) is 12.4. The fraction of sp³-hybridized carbons (Fsp3) is 0.344. The number of fused-ring (bicyclic) bond motifs is 4. The van der Waals surface area contributed by atoms with Crippen LogP contribution in [0, 0.1) is 29.1 Å². The number of rotatable bonds is 3. The maximum absolute atomic E-state index is 14.0. The number of ketones is 2. The van der Waals surface area contributed by atoms with Gasteiger partial charge in [-0.05, 0) is 79.6 Å². The lowest BCUT2D eigenvalue weighted by Crippen LogP contribution is -2.55. The molecule has 4 aliphatic rings. The molecule has 0 bridgehead atoms. The summed E-state index contributed by atoms with van der Waals surface area (Å²) in [6.45, 7) is 5.19. The predicted octanol–water partition coefficient (Wildman–Crippen LogP) is 4.44. The minimum atomic E-state index is -1.16. The first kappa shape index (κ1) is 25.9. The van der Waals surface area contributed by atoms with E-state index in [1.54, 1.807) is 44.2 Å². The molecule has 0 radical (unpaired) electrons. The lowest BCUT2D eigenvalue weighted by molar-refractivity contribution is -0.142. The average Bonchev–Trinajstić information content (AvgIpc) is 3.20. The lowest BCUT2D eigenvalue weighted by Gasteiger charge is -2.54. The van der Waals surface area contributed by atoms with E-state index in [4.69, 9.17) is 0 Å². The van der Waals surface area contributed by atoms with E-state index in [2.05, 4.69) is 0 Å². The summed E-state index contributed by atoms with van der Waals surface area (Å²) in [7, 11) is 0. The molecule has 40 heavy (non-hydrogen) atoms. The highest BCUT2D eigenvalue weighted by Crippen LogP contribution is 2.63. The number of nitrogens with zero attached hydrogens (tertiary/aromatic N) is 1.